The normalized spacial score (nSPS) is 10.4. The Morgan fingerprint density at radius 2 is 2.10 bits per heavy atom. The van der Waals surface area contributed by atoms with E-state index in [1.165, 1.54) is 0 Å². The smallest absolute Gasteiger partial charge is 0.200 e. The Hall–Kier alpha value is -2.54. The molecule has 1 aromatic carbocycles. The average molecular weight is 285 g/mol. The van der Waals surface area contributed by atoms with Crippen molar-refractivity contribution in [2.75, 3.05) is 7.11 Å². The largest absolute Gasteiger partial charge is 0.495 e. The standard InChI is InChI=1S/C13H11N5OS/c1-19-11-5-3-2-4-10(11)18-12(16-17-13(18)20)9-8-14-6-7-15-9/h2-8H,1H3,(H,17,20). The van der Waals surface area contributed by atoms with Crippen LogP contribution in [-0.4, -0.2) is 31.8 Å². The molecule has 0 saturated carbocycles. The van der Waals surface area contributed by atoms with E-state index in [0.717, 1.165) is 5.69 Å². The van der Waals surface area contributed by atoms with Gasteiger partial charge in [-0.15, -0.1) is 0 Å². The number of benzene rings is 1. The molecule has 0 saturated heterocycles. The lowest BCUT2D eigenvalue weighted by molar-refractivity contribution is 0.413. The molecule has 0 aliphatic heterocycles. The molecule has 2 aromatic heterocycles. The number of nitrogens with zero attached hydrogens (tertiary/aromatic N) is 4. The third kappa shape index (κ3) is 2.08. The van der Waals surface area contributed by atoms with Crippen LogP contribution in [0.15, 0.2) is 42.9 Å². The Balaban J connectivity index is 2.25. The molecular weight excluding hydrogens is 274 g/mol. The highest BCUT2D eigenvalue weighted by molar-refractivity contribution is 7.71. The van der Waals surface area contributed by atoms with Gasteiger partial charge in [0.25, 0.3) is 0 Å². The van der Waals surface area contributed by atoms with Crippen LogP contribution in [-0.2, 0) is 0 Å². The van der Waals surface area contributed by atoms with E-state index in [1.807, 2.05) is 24.3 Å². The second kappa shape index (κ2) is 5.22. The monoisotopic (exact) mass is 285 g/mol. The molecule has 0 bridgehead atoms. The van der Waals surface area contributed by atoms with Gasteiger partial charge in [-0.3, -0.25) is 14.6 Å². The van der Waals surface area contributed by atoms with Gasteiger partial charge in [0, 0.05) is 12.4 Å². The number of para-hydroxylation sites is 2. The van der Waals surface area contributed by atoms with Gasteiger partial charge in [-0.1, -0.05) is 12.1 Å². The molecule has 100 valence electrons. The number of aromatic amines is 1. The molecule has 0 unspecified atom stereocenters. The number of ether oxygens (including phenoxy) is 1. The highest BCUT2D eigenvalue weighted by Gasteiger charge is 2.14. The third-order valence-electron chi connectivity index (χ3n) is 2.79. The zero-order valence-electron chi connectivity index (χ0n) is 10.6. The van der Waals surface area contributed by atoms with Gasteiger partial charge in [-0.2, -0.15) is 5.10 Å². The topological polar surface area (TPSA) is 68.6 Å². The first-order chi connectivity index (χ1) is 9.81. The number of H-pyrrole nitrogens is 1. The van der Waals surface area contributed by atoms with Gasteiger partial charge >= 0.3 is 0 Å². The Labute approximate surface area is 120 Å². The van der Waals surface area contributed by atoms with Crippen LogP contribution in [0.2, 0.25) is 0 Å². The fraction of sp³-hybridized carbons (Fsp3) is 0.0769. The van der Waals surface area contributed by atoms with Crippen molar-refractivity contribution in [1.29, 1.82) is 0 Å². The van der Waals surface area contributed by atoms with Crippen molar-refractivity contribution in [1.82, 2.24) is 24.7 Å². The predicted octanol–water partition coefficient (Wildman–Crippen LogP) is 2.40. The van der Waals surface area contributed by atoms with Gasteiger partial charge in [0.15, 0.2) is 10.6 Å². The zero-order chi connectivity index (χ0) is 13.9. The number of nitrogens with one attached hydrogen (secondary N) is 1. The maximum Gasteiger partial charge on any atom is 0.200 e. The molecule has 0 aliphatic carbocycles. The molecule has 0 fully saturated rings. The highest BCUT2D eigenvalue weighted by atomic mass is 32.1. The summed E-state index contributed by atoms with van der Waals surface area (Å²) in [5.41, 5.74) is 1.43. The second-order valence-corrected chi connectivity index (χ2v) is 4.34. The minimum absolute atomic E-state index is 0.468. The highest BCUT2D eigenvalue weighted by Crippen LogP contribution is 2.26. The van der Waals surface area contributed by atoms with Crippen molar-refractivity contribution in [2.45, 2.75) is 0 Å². The Kier molecular flexibility index (Phi) is 3.26. The first kappa shape index (κ1) is 12.5. The molecule has 3 rings (SSSR count). The first-order valence-electron chi connectivity index (χ1n) is 5.88. The van der Waals surface area contributed by atoms with Crippen LogP contribution in [0.3, 0.4) is 0 Å². The maximum atomic E-state index is 5.37. The van der Waals surface area contributed by atoms with Crippen LogP contribution in [0.4, 0.5) is 0 Å². The van der Waals surface area contributed by atoms with E-state index < -0.39 is 0 Å². The lowest BCUT2D eigenvalue weighted by Gasteiger charge is -2.10. The Bertz CT molecular complexity index is 781. The van der Waals surface area contributed by atoms with E-state index in [0.29, 0.717) is 22.0 Å². The van der Waals surface area contributed by atoms with E-state index >= 15 is 0 Å². The van der Waals surface area contributed by atoms with Gasteiger partial charge in [0.2, 0.25) is 0 Å². The van der Waals surface area contributed by atoms with Crippen molar-refractivity contribution < 1.29 is 4.74 Å². The quantitative estimate of drug-likeness (QED) is 0.748. The molecule has 0 radical (unpaired) electrons. The van der Waals surface area contributed by atoms with Crippen LogP contribution < -0.4 is 4.74 Å². The summed E-state index contributed by atoms with van der Waals surface area (Å²) >= 11 is 5.30. The van der Waals surface area contributed by atoms with Crippen LogP contribution in [0, 0.1) is 4.77 Å². The molecule has 2 heterocycles. The Morgan fingerprint density at radius 3 is 2.85 bits per heavy atom. The summed E-state index contributed by atoms with van der Waals surface area (Å²) in [5.74, 6) is 1.29. The van der Waals surface area contributed by atoms with E-state index in [1.54, 1.807) is 30.3 Å². The molecule has 0 spiro atoms. The SMILES string of the molecule is COc1ccccc1-n1c(-c2cnccn2)n[nH]c1=S. The average Bonchev–Trinajstić information content (AvgIpc) is 2.89. The van der Waals surface area contributed by atoms with Crippen LogP contribution in [0.5, 0.6) is 5.75 Å². The van der Waals surface area contributed by atoms with Gasteiger partial charge in [0.05, 0.1) is 19.0 Å². The van der Waals surface area contributed by atoms with E-state index in [4.69, 9.17) is 17.0 Å². The summed E-state index contributed by atoms with van der Waals surface area (Å²) in [6.45, 7) is 0. The van der Waals surface area contributed by atoms with E-state index in [-0.39, 0.29) is 0 Å². The number of aromatic nitrogens is 5. The van der Waals surface area contributed by atoms with Gasteiger partial charge in [-0.05, 0) is 24.4 Å². The lowest BCUT2D eigenvalue weighted by Crippen LogP contribution is -2.01. The molecule has 0 amide bonds. The lowest BCUT2D eigenvalue weighted by atomic mass is 10.3. The number of methoxy groups -OCH3 is 1. The van der Waals surface area contributed by atoms with Gasteiger partial charge < -0.3 is 4.74 Å². The molecule has 20 heavy (non-hydrogen) atoms. The molecule has 1 N–H and O–H groups in total. The van der Waals surface area contributed by atoms with Crippen molar-refractivity contribution in [3.8, 4) is 23.0 Å². The fourth-order valence-corrected chi connectivity index (χ4v) is 2.15. The number of hydrogen-bond acceptors (Lipinski definition) is 5. The summed E-state index contributed by atoms with van der Waals surface area (Å²) in [6, 6.07) is 7.58. The third-order valence-corrected chi connectivity index (χ3v) is 3.06. The summed E-state index contributed by atoms with van der Waals surface area (Å²) in [4.78, 5) is 8.30. The minimum Gasteiger partial charge on any atom is -0.495 e. The van der Waals surface area contributed by atoms with Crippen molar-refractivity contribution in [3.63, 3.8) is 0 Å². The fourth-order valence-electron chi connectivity index (χ4n) is 1.92. The van der Waals surface area contributed by atoms with Crippen LogP contribution >= 0.6 is 12.2 Å². The summed E-state index contributed by atoms with van der Waals surface area (Å²) < 4.78 is 7.61. The van der Waals surface area contributed by atoms with Gasteiger partial charge in [-0.25, -0.2) is 4.98 Å². The summed E-state index contributed by atoms with van der Waals surface area (Å²) in [7, 11) is 1.62. The molecule has 0 aliphatic rings. The van der Waals surface area contributed by atoms with E-state index in [9.17, 15) is 0 Å². The Morgan fingerprint density at radius 1 is 1.25 bits per heavy atom. The molecule has 3 aromatic rings. The molecular formula is C13H11N5OS. The van der Waals surface area contributed by atoms with Gasteiger partial charge in [0.1, 0.15) is 11.4 Å². The first-order valence-corrected chi connectivity index (χ1v) is 6.29. The van der Waals surface area contributed by atoms with Crippen molar-refractivity contribution in [2.24, 2.45) is 0 Å². The maximum absolute atomic E-state index is 5.37. The summed E-state index contributed by atoms with van der Waals surface area (Å²) in [5, 5.41) is 7.00. The van der Waals surface area contributed by atoms with Crippen molar-refractivity contribution in [3.05, 3.63) is 47.6 Å². The molecule has 7 heteroatoms. The van der Waals surface area contributed by atoms with Crippen LogP contribution in [0.1, 0.15) is 0 Å². The molecule has 0 atom stereocenters. The minimum atomic E-state index is 0.468. The van der Waals surface area contributed by atoms with Crippen molar-refractivity contribution >= 4 is 12.2 Å². The predicted molar refractivity (Wildman–Crippen MR) is 76.3 cm³/mol. The summed E-state index contributed by atoms with van der Waals surface area (Å²) in [6.07, 6.45) is 4.86. The van der Waals surface area contributed by atoms with E-state index in [2.05, 4.69) is 20.2 Å². The number of hydrogen-bond donors (Lipinski definition) is 1. The number of rotatable bonds is 3. The molecule has 6 nitrogen and oxygen atoms in total. The second-order valence-electron chi connectivity index (χ2n) is 3.95. The zero-order valence-corrected chi connectivity index (χ0v) is 11.5. The van der Waals surface area contributed by atoms with Crippen LogP contribution in [0.25, 0.3) is 17.2 Å².